The molecule has 0 aliphatic heterocycles. The van der Waals surface area contributed by atoms with E-state index in [9.17, 15) is 9.59 Å². The van der Waals surface area contributed by atoms with Crippen molar-refractivity contribution in [2.75, 3.05) is 0 Å². The van der Waals surface area contributed by atoms with Crippen molar-refractivity contribution in [3.8, 4) is 0 Å². The Labute approximate surface area is 102 Å². The van der Waals surface area contributed by atoms with Gasteiger partial charge in [-0.3, -0.25) is 0 Å². The van der Waals surface area contributed by atoms with Gasteiger partial charge in [0, 0.05) is 0 Å². The SMILES string of the molecule is CCC1CC1OC(=O)NC(C(=O)O)C(C)(C)C. The van der Waals surface area contributed by atoms with Crippen LogP contribution in [0.4, 0.5) is 4.79 Å². The van der Waals surface area contributed by atoms with E-state index in [2.05, 4.69) is 5.32 Å². The highest BCUT2D eigenvalue weighted by Gasteiger charge is 2.40. The molecular weight excluding hydrogens is 222 g/mol. The lowest BCUT2D eigenvalue weighted by molar-refractivity contribution is -0.142. The number of carboxylic acid groups (broad SMARTS) is 1. The third-order valence-electron chi connectivity index (χ3n) is 3.02. The van der Waals surface area contributed by atoms with Crippen LogP contribution in [0.2, 0.25) is 0 Å². The Bertz CT molecular complexity index is 308. The summed E-state index contributed by atoms with van der Waals surface area (Å²) in [5.41, 5.74) is -0.543. The van der Waals surface area contributed by atoms with Gasteiger partial charge >= 0.3 is 12.1 Å². The zero-order valence-electron chi connectivity index (χ0n) is 10.8. The second-order valence-corrected chi connectivity index (χ2v) is 5.63. The number of ether oxygens (including phenoxy) is 1. The normalized spacial score (nSPS) is 24.9. The Balaban J connectivity index is 2.45. The van der Waals surface area contributed by atoms with Crippen LogP contribution >= 0.6 is 0 Å². The van der Waals surface area contributed by atoms with Crippen LogP contribution < -0.4 is 5.32 Å². The molecule has 1 aliphatic rings. The number of carbonyl (C=O) groups is 2. The Morgan fingerprint density at radius 3 is 2.41 bits per heavy atom. The van der Waals surface area contributed by atoms with Crippen LogP contribution in [0.3, 0.4) is 0 Å². The summed E-state index contributed by atoms with van der Waals surface area (Å²) in [6.07, 6.45) is 1.21. The van der Waals surface area contributed by atoms with Gasteiger partial charge in [0.1, 0.15) is 12.1 Å². The van der Waals surface area contributed by atoms with Gasteiger partial charge in [-0.2, -0.15) is 0 Å². The second-order valence-electron chi connectivity index (χ2n) is 5.63. The molecule has 5 heteroatoms. The Morgan fingerprint density at radius 1 is 1.47 bits per heavy atom. The Kier molecular flexibility index (Phi) is 4.01. The molecular formula is C12H21NO4. The lowest BCUT2D eigenvalue weighted by atomic mass is 9.87. The molecule has 0 bridgehead atoms. The first-order chi connectivity index (χ1) is 7.75. The van der Waals surface area contributed by atoms with E-state index in [1.54, 1.807) is 20.8 Å². The van der Waals surface area contributed by atoms with Crippen molar-refractivity contribution in [3.63, 3.8) is 0 Å². The fourth-order valence-electron chi connectivity index (χ4n) is 1.73. The molecule has 3 unspecified atom stereocenters. The van der Waals surface area contributed by atoms with E-state index >= 15 is 0 Å². The number of alkyl carbamates (subject to hydrolysis) is 1. The van der Waals surface area contributed by atoms with Gasteiger partial charge in [0.25, 0.3) is 0 Å². The molecule has 0 heterocycles. The predicted octanol–water partition coefficient (Wildman–Crippen LogP) is 2.01. The quantitative estimate of drug-likeness (QED) is 0.792. The lowest BCUT2D eigenvalue weighted by Gasteiger charge is -2.27. The van der Waals surface area contributed by atoms with Crippen molar-refractivity contribution in [2.45, 2.75) is 52.7 Å². The molecule has 17 heavy (non-hydrogen) atoms. The first-order valence-corrected chi connectivity index (χ1v) is 5.95. The highest BCUT2D eigenvalue weighted by atomic mass is 16.6. The van der Waals surface area contributed by atoms with Gasteiger partial charge in [0.05, 0.1) is 0 Å². The first kappa shape index (κ1) is 13.8. The topological polar surface area (TPSA) is 75.6 Å². The van der Waals surface area contributed by atoms with Gasteiger partial charge in [-0.15, -0.1) is 0 Å². The van der Waals surface area contributed by atoms with E-state index in [1.807, 2.05) is 6.92 Å². The summed E-state index contributed by atoms with van der Waals surface area (Å²) >= 11 is 0. The highest BCUT2D eigenvalue weighted by Crippen LogP contribution is 2.36. The van der Waals surface area contributed by atoms with Crippen molar-refractivity contribution < 1.29 is 19.4 Å². The molecule has 2 N–H and O–H groups in total. The molecule has 0 radical (unpaired) electrons. The molecule has 0 spiro atoms. The van der Waals surface area contributed by atoms with Crippen molar-refractivity contribution >= 4 is 12.1 Å². The molecule has 3 atom stereocenters. The smallest absolute Gasteiger partial charge is 0.408 e. The zero-order chi connectivity index (χ0) is 13.2. The molecule has 5 nitrogen and oxygen atoms in total. The highest BCUT2D eigenvalue weighted by molar-refractivity contribution is 5.80. The van der Waals surface area contributed by atoms with Gasteiger partial charge in [-0.1, -0.05) is 27.7 Å². The van der Waals surface area contributed by atoms with E-state index in [0.717, 1.165) is 12.8 Å². The minimum Gasteiger partial charge on any atom is -0.480 e. The average molecular weight is 243 g/mol. The number of carbonyl (C=O) groups excluding carboxylic acids is 1. The van der Waals surface area contributed by atoms with Crippen LogP contribution in [0.25, 0.3) is 0 Å². The zero-order valence-corrected chi connectivity index (χ0v) is 10.8. The van der Waals surface area contributed by atoms with Crippen LogP contribution in [-0.2, 0) is 9.53 Å². The lowest BCUT2D eigenvalue weighted by Crippen LogP contribution is -2.49. The summed E-state index contributed by atoms with van der Waals surface area (Å²) in [4.78, 5) is 22.6. The Hall–Kier alpha value is -1.26. The number of nitrogens with one attached hydrogen (secondary N) is 1. The van der Waals surface area contributed by atoms with Crippen molar-refractivity contribution in [2.24, 2.45) is 11.3 Å². The maximum Gasteiger partial charge on any atom is 0.408 e. The summed E-state index contributed by atoms with van der Waals surface area (Å²) in [5, 5.41) is 11.4. The van der Waals surface area contributed by atoms with Crippen molar-refractivity contribution in [1.29, 1.82) is 0 Å². The monoisotopic (exact) mass is 243 g/mol. The van der Waals surface area contributed by atoms with Gasteiger partial charge in [-0.05, 0) is 24.2 Å². The Morgan fingerprint density at radius 2 is 2.06 bits per heavy atom. The minimum atomic E-state index is -1.04. The minimum absolute atomic E-state index is 0.0330. The van der Waals surface area contributed by atoms with Crippen LogP contribution in [0, 0.1) is 11.3 Å². The number of carboxylic acids is 1. The second kappa shape index (κ2) is 4.94. The van der Waals surface area contributed by atoms with Crippen molar-refractivity contribution in [3.05, 3.63) is 0 Å². The standard InChI is InChI=1S/C12H21NO4/c1-5-7-6-8(7)17-11(16)13-9(10(14)15)12(2,3)4/h7-9H,5-6H2,1-4H3,(H,13,16)(H,14,15). The summed E-state index contributed by atoms with van der Waals surface area (Å²) in [5.74, 6) is -0.601. The summed E-state index contributed by atoms with van der Waals surface area (Å²) < 4.78 is 5.13. The number of rotatable bonds is 4. The van der Waals surface area contributed by atoms with E-state index in [1.165, 1.54) is 0 Å². The van der Waals surface area contributed by atoms with Gasteiger partial charge in [0.15, 0.2) is 0 Å². The summed E-state index contributed by atoms with van der Waals surface area (Å²) in [6.45, 7) is 7.33. The molecule has 1 rings (SSSR count). The molecule has 1 saturated carbocycles. The number of hydrogen-bond donors (Lipinski definition) is 2. The predicted molar refractivity (Wildman–Crippen MR) is 62.7 cm³/mol. The third kappa shape index (κ3) is 3.91. The fourth-order valence-corrected chi connectivity index (χ4v) is 1.73. The molecule has 0 saturated heterocycles. The summed E-state index contributed by atoms with van der Waals surface area (Å²) in [7, 11) is 0. The van der Waals surface area contributed by atoms with Crippen LogP contribution in [0.1, 0.15) is 40.5 Å². The molecule has 1 aliphatic carbocycles. The van der Waals surface area contributed by atoms with Crippen LogP contribution in [0.5, 0.6) is 0 Å². The largest absolute Gasteiger partial charge is 0.480 e. The van der Waals surface area contributed by atoms with E-state index < -0.39 is 23.5 Å². The molecule has 1 amide bonds. The average Bonchev–Trinajstić information content (AvgIpc) is 2.90. The summed E-state index contributed by atoms with van der Waals surface area (Å²) in [6, 6.07) is -0.936. The van der Waals surface area contributed by atoms with E-state index in [-0.39, 0.29) is 6.10 Å². The number of aliphatic carboxylic acids is 1. The van der Waals surface area contributed by atoms with E-state index in [4.69, 9.17) is 9.84 Å². The molecule has 0 aromatic carbocycles. The maximum atomic E-state index is 11.5. The molecule has 98 valence electrons. The third-order valence-corrected chi connectivity index (χ3v) is 3.02. The van der Waals surface area contributed by atoms with Gasteiger partial charge < -0.3 is 15.2 Å². The van der Waals surface area contributed by atoms with Crippen molar-refractivity contribution in [1.82, 2.24) is 5.32 Å². The van der Waals surface area contributed by atoms with Gasteiger partial charge in [0.2, 0.25) is 0 Å². The molecule has 1 fully saturated rings. The molecule has 0 aromatic rings. The first-order valence-electron chi connectivity index (χ1n) is 5.95. The van der Waals surface area contributed by atoms with E-state index in [0.29, 0.717) is 5.92 Å². The molecule has 0 aromatic heterocycles. The number of hydrogen-bond acceptors (Lipinski definition) is 3. The number of amides is 1. The van der Waals surface area contributed by atoms with Gasteiger partial charge in [-0.25, -0.2) is 9.59 Å². The van der Waals surface area contributed by atoms with Crippen LogP contribution in [0.15, 0.2) is 0 Å². The maximum absolute atomic E-state index is 11.5. The fraction of sp³-hybridized carbons (Fsp3) is 0.833. The van der Waals surface area contributed by atoms with Crippen LogP contribution in [-0.4, -0.2) is 29.3 Å².